The van der Waals surface area contributed by atoms with Gasteiger partial charge in [-0.15, -0.1) is 0 Å². The number of hydrogen-bond donors (Lipinski definition) is 3. The Morgan fingerprint density at radius 3 is 2.73 bits per heavy atom. The zero-order chi connectivity index (χ0) is 8.53. The van der Waals surface area contributed by atoms with Gasteiger partial charge in [0, 0.05) is 25.2 Å². The monoisotopic (exact) mass is 154 g/mol. The lowest BCUT2D eigenvalue weighted by Crippen LogP contribution is -2.34. The molecule has 0 rings (SSSR count). The van der Waals surface area contributed by atoms with Crippen molar-refractivity contribution >= 4 is 5.96 Å². The lowest BCUT2D eigenvalue weighted by atomic mass is 10.7. The summed E-state index contributed by atoms with van der Waals surface area (Å²) in [6.07, 6.45) is 0. The molecule has 0 unspecified atom stereocenters. The van der Waals surface area contributed by atoms with Gasteiger partial charge in [-0.25, -0.2) is 0 Å². The van der Waals surface area contributed by atoms with E-state index in [1.165, 1.54) is 0 Å². The zero-order valence-electron chi connectivity index (χ0n) is 6.94. The average Bonchev–Trinajstić information content (AvgIpc) is 2.01. The number of nitrogens with two attached hydrogens (primary N) is 1. The Balaban J connectivity index is 3.85. The smallest absolute Gasteiger partial charge is 0.203 e. The maximum atomic E-state index is 4.96. The molecule has 0 saturated heterocycles. The molecular weight excluding hydrogens is 140 g/mol. The predicted molar refractivity (Wildman–Crippen MR) is 46.8 cm³/mol. The van der Waals surface area contributed by atoms with Crippen LogP contribution in [0.25, 0.3) is 0 Å². The van der Waals surface area contributed by atoms with E-state index >= 15 is 0 Å². The molecule has 0 heterocycles. The van der Waals surface area contributed by atoms with Crippen molar-refractivity contribution in [3.05, 3.63) is 0 Å². The molecule has 4 nitrogen and oxygen atoms in total. The predicted octanol–water partition coefficient (Wildman–Crippen LogP) is -0.561. The number of hydrogen-bond acceptors (Lipinski definition) is 2. The van der Waals surface area contributed by atoms with E-state index in [1.54, 1.807) is 0 Å². The highest BCUT2D eigenvalue weighted by molar-refractivity contribution is 5.81. The molecule has 0 amide bonds. The highest BCUT2D eigenvalue weighted by Gasteiger charge is 1.89. The summed E-state index contributed by atoms with van der Waals surface area (Å²) >= 11 is 0. The fourth-order valence-corrected chi connectivity index (χ4v) is 0.560. The van der Waals surface area contributed by atoms with Crippen LogP contribution in [-0.2, 0) is 0 Å². The van der Waals surface area contributed by atoms with Crippen molar-refractivity contribution in [2.75, 3.05) is 13.1 Å². The summed E-state index contributed by atoms with van der Waals surface area (Å²) < 4.78 is 0. The third kappa shape index (κ3) is 5.09. The molecule has 11 heavy (non-hydrogen) atoms. The van der Waals surface area contributed by atoms with Crippen LogP contribution in [0.15, 0.2) is 4.99 Å². The topological polar surface area (TPSA) is 62.4 Å². The van der Waals surface area contributed by atoms with Gasteiger partial charge in [0.25, 0.3) is 0 Å². The molecule has 0 atom stereocenters. The van der Waals surface area contributed by atoms with Crippen molar-refractivity contribution in [2.24, 2.45) is 10.7 Å². The minimum atomic E-state index is 0.674. The van der Waals surface area contributed by atoms with E-state index in [2.05, 4.69) is 27.7 Å². The van der Waals surface area contributed by atoms with Crippen LogP contribution in [0.1, 0.15) is 13.8 Å². The minimum absolute atomic E-state index is 0.674. The Hall–Kier alpha value is -1.37. The first-order valence-corrected chi connectivity index (χ1v) is 3.60. The molecular formula is C7H14N4. The summed E-state index contributed by atoms with van der Waals surface area (Å²) in [7, 11) is 0. The van der Waals surface area contributed by atoms with Crippen molar-refractivity contribution in [3.8, 4) is 12.1 Å². The minimum Gasteiger partial charge on any atom is -0.358 e. The summed E-state index contributed by atoms with van der Waals surface area (Å²) in [6.45, 7) is 5.48. The van der Waals surface area contributed by atoms with E-state index in [4.69, 9.17) is 5.73 Å². The van der Waals surface area contributed by atoms with Crippen LogP contribution in [0, 0.1) is 12.1 Å². The lowest BCUT2D eigenvalue weighted by molar-refractivity contribution is 0.911. The van der Waals surface area contributed by atoms with Gasteiger partial charge in [-0.3, -0.25) is 10.3 Å². The largest absolute Gasteiger partial charge is 0.358 e. The van der Waals surface area contributed by atoms with Crippen molar-refractivity contribution in [1.82, 2.24) is 10.6 Å². The maximum Gasteiger partial charge on any atom is 0.203 e. The zero-order valence-corrected chi connectivity index (χ0v) is 6.94. The van der Waals surface area contributed by atoms with Gasteiger partial charge in [0.1, 0.15) is 0 Å². The number of aliphatic imine (C=N–C) groups is 1. The Labute approximate surface area is 67.3 Å². The van der Waals surface area contributed by atoms with E-state index in [1.807, 2.05) is 13.8 Å². The molecule has 0 aliphatic carbocycles. The Morgan fingerprint density at radius 2 is 2.27 bits per heavy atom. The van der Waals surface area contributed by atoms with E-state index in [-0.39, 0.29) is 0 Å². The Bertz CT molecular complexity index is 175. The van der Waals surface area contributed by atoms with Crippen LogP contribution in [0.4, 0.5) is 0 Å². The van der Waals surface area contributed by atoms with Crippen molar-refractivity contribution in [1.29, 1.82) is 0 Å². The summed E-state index contributed by atoms with van der Waals surface area (Å²) in [4.78, 5) is 4.09. The maximum absolute atomic E-state index is 4.96. The van der Waals surface area contributed by atoms with E-state index in [0.29, 0.717) is 5.96 Å². The molecule has 0 aliphatic heterocycles. The van der Waals surface area contributed by atoms with Crippen LogP contribution in [-0.4, -0.2) is 19.0 Å². The summed E-state index contributed by atoms with van der Waals surface area (Å²) in [5.74, 6) is 0.674. The van der Waals surface area contributed by atoms with Gasteiger partial charge >= 0.3 is 0 Å². The molecule has 0 saturated carbocycles. The van der Waals surface area contributed by atoms with Crippen LogP contribution in [0.3, 0.4) is 0 Å². The molecule has 0 radical (unpaired) electrons. The summed E-state index contributed by atoms with van der Waals surface area (Å²) in [5.41, 5.74) is 4.96. The average molecular weight is 154 g/mol. The third-order valence-corrected chi connectivity index (χ3v) is 0.914. The van der Waals surface area contributed by atoms with Gasteiger partial charge in [0.05, 0.1) is 0 Å². The van der Waals surface area contributed by atoms with Crippen molar-refractivity contribution in [3.63, 3.8) is 0 Å². The first-order chi connectivity index (χ1) is 5.35. The first-order valence-electron chi connectivity index (χ1n) is 3.60. The number of nitrogens with zero attached hydrogens (tertiary/aromatic N) is 1. The van der Waals surface area contributed by atoms with Gasteiger partial charge in [-0.05, 0) is 13.8 Å². The van der Waals surface area contributed by atoms with Crippen LogP contribution in [0.2, 0.25) is 0 Å². The molecule has 62 valence electrons. The normalized spacial score (nSPS) is 9.82. The molecule has 0 aliphatic rings. The number of guanidine groups is 1. The SMILES string of the molecule is CC/N=C(\NC#CN)NCC. The molecule has 0 aromatic rings. The molecule has 0 spiro atoms. The second kappa shape index (κ2) is 6.75. The van der Waals surface area contributed by atoms with Gasteiger partial charge in [-0.1, -0.05) is 0 Å². The Kier molecular flexibility index (Phi) is 5.91. The van der Waals surface area contributed by atoms with Gasteiger partial charge in [-0.2, -0.15) is 0 Å². The standard InChI is InChI=1S/C7H14N4/c1-3-9-7(10-4-2)11-6-5-8/h3-4,8H2,1-2H3,(H2,9,10,11). The van der Waals surface area contributed by atoms with Gasteiger partial charge < -0.3 is 11.1 Å². The second-order valence-electron chi connectivity index (χ2n) is 1.75. The fraction of sp³-hybridized carbons (Fsp3) is 0.571. The first kappa shape index (κ1) is 9.63. The molecule has 0 aromatic carbocycles. The summed E-state index contributed by atoms with van der Waals surface area (Å²) in [6, 6.07) is 4.74. The highest BCUT2D eigenvalue weighted by atomic mass is 15.2. The molecule has 0 bridgehead atoms. The Morgan fingerprint density at radius 1 is 1.55 bits per heavy atom. The van der Waals surface area contributed by atoms with Gasteiger partial charge in [0.2, 0.25) is 5.96 Å². The molecule has 4 N–H and O–H groups in total. The van der Waals surface area contributed by atoms with E-state index < -0.39 is 0 Å². The number of rotatable bonds is 2. The third-order valence-electron chi connectivity index (χ3n) is 0.914. The van der Waals surface area contributed by atoms with Crippen LogP contribution in [0.5, 0.6) is 0 Å². The molecule has 4 heteroatoms. The van der Waals surface area contributed by atoms with Gasteiger partial charge in [0.15, 0.2) is 0 Å². The van der Waals surface area contributed by atoms with Crippen LogP contribution >= 0.6 is 0 Å². The van der Waals surface area contributed by atoms with E-state index in [9.17, 15) is 0 Å². The van der Waals surface area contributed by atoms with E-state index in [0.717, 1.165) is 13.1 Å². The lowest BCUT2D eigenvalue weighted by Gasteiger charge is -2.03. The second-order valence-corrected chi connectivity index (χ2v) is 1.75. The van der Waals surface area contributed by atoms with Crippen molar-refractivity contribution < 1.29 is 0 Å². The highest BCUT2D eigenvalue weighted by Crippen LogP contribution is 1.69. The number of nitrogens with one attached hydrogen (secondary N) is 2. The van der Waals surface area contributed by atoms with Crippen LogP contribution < -0.4 is 16.4 Å². The summed E-state index contributed by atoms with van der Waals surface area (Å²) in [5, 5.41) is 5.72. The molecule has 0 aromatic heterocycles. The quantitative estimate of drug-likeness (QED) is 0.216. The fourth-order valence-electron chi connectivity index (χ4n) is 0.560. The van der Waals surface area contributed by atoms with Crippen molar-refractivity contribution in [2.45, 2.75) is 13.8 Å². The molecule has 0 fully saturated rings.